The molecule has 4 heteroatoms. The van der Waals surface area contributed by atoms with Gasteiger partial charge in [0.15, 0.2) is 0 Å². The van der Waals surface area contributed by atoms with Crippen LogP contribution in [0, 0.1) is 13.8 Å². The average molecular weight is 292 g/mol. The molecule has 0 spiro atoms. The van der Waals surface area contributed by atoms with Gasteiger partial charge >= 0.3 is 0 Å². The summed E-state index contributed by atoms with van der Waals surface area (Å²) in [6.07, 6.45) is 0. The van der Waals surface area contributed by atoms with Crippen LogP contribution >= 0.6 is 23.8 Å². The Morgan fingerprint density at radius 2 is 1.79 bits per heavy atom. The Morgan fingerprint density at radius 3 is 2.42 bits per heavy atom. The highest BCUT2D eigenvalue weighted by Gasteiger charge is 2.10. The van der Waals surface area contributed by atoms with Crippen LogP contribution in [-0.4, -0.2) is 4.99 Å². The molecule has 19 heavy (non-hydrogen) atoms. The number of thiocarbonyl (C=S) groups is 1. The number of aryl methyl sites for hydroxylation is 2. The van der Waals surface area contributed by atoms with Crippen LogP contribution in [0.4, 0.5) is 0 Å². The third kappa shape index (κ3) is 3.25. The number of ether oxygens (including phenoxy) is 1. The van der Waals surface area contributed by atoms with Crippen molar-refractivity contribution in [2.45, 2.75) is 13.8 Å². The molecule has 0 aromatic heterocycles. The summed E-state index contributed by atoms with van der Waals surface area (Å²) in [5, 5.41) is 0.579. The molecule has 0 amide bonds. The van der Waals surface area contributed by atoms with Crippen molar-refractivity contribution in [3.63, 3.8) is 0 Å². The Balaban J connectivity index is 2.40. The van der Waals surface area contributed by atoms with Gasteiger partial charge in [-0.25, -0.2) is 0 Å². The van der Waals surface area contributed by atoms with Crippen molar-refractivity contribution in [2.24, 2.45) is 5.73 Å². The smallest absolute Gasteiger partial charge is 0.137 e. The van der Waals surface area contributed by atoms with Crippen LogP contribution < -0.4 is 10.5 Å². The van der Waals surface area contributed by atoms with E-state index in [1.807, 2.05) is 26.0 Å². The SMILES string of the molecule is Cc1ccc(Oc2ccc(Cl)cc2C(N)=S)c(C)c1. The van der Waals surface area contributed by atoms with Crippen molar-refractivity contribution < 1.29 is 4.74 Å². The van der Waals surface area contributed by atoms with Crippen LogP contribution in [0.2, 0.25) is 5.02 Å². The fourth-order valence-corrected chi connectivity index (χ4v) is 2.15. The van der Waals surface area contributed by atoms with Crippen LogP contribution in [0.15, 0.2) is 36.4 Å². The van der Waals surface area contributed by atoms with Gasteiger partial charge < -0.3 is 10.5 Å². The van der Waals surface area contributed by atoms with Crippen LogP contribution in [-0.2, 0) is 0 Å². The van der Waals surface area contributed by atoms with Gasteiger partial charge in [-0.15, -0.1) is 0 Å². The molecule has 0 aliphatic rings. The van der Waals surface area contributed by atoms with Gasteiger partial charge in [0.25, 0.3) is 0 Å². The molecule has 0 fully saturated rings. The van der Waals surface area contributed by atoms with Gasteiger partial charge in [0.1, 0.15) is 16.5 Å². The molecule has 2 aromatic rings. The lowest BCUT2D eigenvalue weighted by molar-refractivity contribution is 0.478. The van der Waals surface area contributed by atoms with Crippen molar-refractivity contribution in [2.75, 3.05) is 0 Å². The number of hydrogen-bond acceptors (Lipinski definition) is 2. The highest BCUT2D eigenvalue weighted by molar-refractivity contribution is 7.80. The van der Waals surface area contributed by atoms with Crippen molar-refractivity contribution in [3.05, 3.63) is 58.1 Å². The first kappa shape index (κ1) is 13.8. The predicted molar refractivity (Wildman–Crippen MR) is 83.3 cm³/mol. The minimum absolute atomic E-state index is 0.266. The monoisotopic (exact) mass is 291 g/mol. The van der Waals surface area contributed by atoms with E-state index in [2.05, 4.69) is 6.07 Å². The summed E-state index contributed by atoms with van der Waals surface area (Å²) in [6, 6.07) is 11.2. The zero-order valence-corrected chi connectivity index (χ0v) is 12.3. The first-order valence-electron chi connectivity index (χ1n) is 5.82. The minimum atomic E-state index is 0.266. The fraction of sp³-hybridized carbons (Fsp3) is 0.133. The molecule has 0 saturated heterocycles. The summed E-state index contributed by atoms with van der Waals surface area (Å²) in [4.78, 5) is 0.266. The number of halogens is 1. The van der Waals surface area contributed by atoms with Gasteiger partial charge in [-0.05, 0) is 43.7 Å². The lowest BCUT2D eigenvalue weighted by atomic mass is 10.1. The maximum Gasteiger partial charge on any atom is 0.137 e. The van der Waals surface area contributed by atoms with Crippen LogP contribution in [0.5, 0.6) is 11.5 Å². The summed E-state index contributed by atoms with van der Waals surface area (Å²) in [6.45, 7) is 4.04. The molecule has 2 aromatic carbocycles. The van der Waals surface area contributed by atoms with Gasteiger partial charge in [-0.1, -0.05) is 41.5 Å². The third-order valence-corrected chi connectivity index (χ3v) is 3.21. The van der Waals surface area contributed by atoms with E-state index in [-0.39, 0.29) is 4.99 Å². The number of benzene rings is 2. The average Bonchev–Trinajstić information content (AvgIpc) is 2.34. The molecule has 0 heterocycles. The van der Waals surface area contributed by atoms with Gasteiger partial charge in [-0.3, -0.25) is 0 Å². The maximum absolute atomic E-state index is 5.95. The van der Waals surface area contributed by atoms with E-state index in [4.69, 9.17) is 34.3 Å². The van der Waals surface area contributed by atoms with Crippen LogP contribution in [0.1, 0.15) is 16.7 Å². The lowest BCUT2D eigenvalue weighted by Crippen LogP contribution is -2.10. The molecule has 0 atom stereocenters. The molecule has 0 radical (unpaired) electrons. The second-order valence-corrected chi connectivity index (χ2v) is 5.25. The fourth-order valence-electron chi connectivity index (χ4n) is 1.82. The van der Waals surface area contributed by atoms with Gasteiger partial charge in [0.2, 0.25) is 0 Å². The molecule has 2 rings (SSSR count). The van der Waals surface area contributed by atoms with Gasteiger partial charge in [-0.2, -0.15) is 0 Å². The lowest BCUT2D eigenvalue weighted by Gasteiger charge is -2.13. The van der Waals surface area contributed by atoms with Crippen LogP contribution in [0.25, 0.3) is 0 Å². The minimum Gasteiger partial charge on any atom is -0.456 e. The Kier molecular flexibility index (Phi) is 4.08. The topological polar surface area (TPSA) is 35.2 Å². The standard InChI is InChI=1S/C15H14ClNOS/c1-9-3-5-13(10(2)7-9)18-14-6-4-11(16)8-12(14)15(17)19/h3-8H,1-2H3,(H2,17,19). The van der Waals surface area contributed by atoms with E-state index in [1.165, 1.54) is 5.56 Å². The maximum atomic E-state index is 5.95. The van der Waals surface area contributed by atoms with Crippen LogP contribution in [0.3, 0.4) is 0 Å². The van der Waals surface area contributed by atoms with E-state index in [0.717, 1.165) is 11.3 Å². The molecule has 0 saturated carbocycles. The molecule has 2 N–H and O–H groups in total. The first-order chi connectivity index (χ1) is 8.97. The summed E-state index contributed by atoms with van der Waals surface area (Å²) < 4.78 is 5.89. The molecule has 98 valence electrons. The Hall–Kier alpha value is -1.58. The molecule has 0 unspecified atom stereocenters. The first-order valence-corrected chi connectivity index (χ1v) is 6.60. The highest BCUT2D eigenvalue weighted by Crippen LogP contribution is 2.30. The number of hydrogen-bond donors (Lipinski definition) is 1. The molecule has 0 aliphatic heterocycles. The third-order valence-electron chi connectivity index (χ3n) is 2.76. The predicted octanol–water partition coefficient (Wildman–Crippen LogP) is 4.38. The summed E-state index contributed by atoms with van der Waals surface area (Å²) in [5.41, 5.74) is 8.58. The van der Waals surface area contributed by atoms with E-state index in [9.17, 15) is 0 Å². The number of nitrogens with two attached hydrogens (primary N) is 1. The molecule has 2 nitrogen and oxygen atoms in total. The van der Waals surface area contributed by atoms with E-state index in [1.54, 1.807) is 18.2 Å². The van der Waals surface area contributed by atoms with Crippen molar-refractivity contribution in [3.8, 4) is 11.5 Å². The molecule has 0 bridgehead atoms. The zero-order valence-electron chi connectivity index (χ0n) is 10.7. The summed E-state index contributed by atoms with van der Waals surface area (Å²) in [5.74, 6) is 1.40. The summed E-state index contributed by atoms with van der Waals surface area (Å²) in [7, 11) is 0. The highest BCUT2D eigenvalue weighted by atomic mass is 35.5. The quantitative estimate of drug-likeness (QED) is 0.852. The van der Waals surface area contributed by atoms with E-state index < -0.39 is 0 Å². The van der Waals surface area contributed by atoms with Gasteiger partial charge in [0, 0.05) is 5.02 Å². The Morgan fingerprint density at radius 1 is 1.11 bits per heavy atom. The summed E-state index contributed by atoms with van der Waals surface area (Å²) >= 11 is 11.0. The van der Waals surface area contributed by atoms with E-state index in [0.29, 0.717) is 16.3 Å². The van der Waals surface area contributed by atoms with Gasteiger partial charge in [0.05, 0.1) is 5.56 Å². The molecular weight excluding hydrogens is 278 g/mol. The normalized spacial score (nSPS) is 10.3. The number of rotatable bonds is 3. The Bertz CT molecular complexity index is 640. The largest absolute Gasteiger partial charge is 0.456 e. The molecular formula is C15H14ClNOS. The van der Waals surface area contributed by atoms with Crippen molar-refractivity contribution in [1.29, 1.82) is 0 Å². The second-order valence-electron chi connectivity index (χ2n) is 4.38. The van der Waals surface area contributed by atoms with Crippen molar-refractivity contribution in [1.82, 2.24) is 0 Å². The van der Waals surface area contributed by atoms with E-state index >= 15 is 0 Å². The zero-order chi connectivity index (χ0) is 14.0. The molecule has 0 aliphatic carbocycles. The second kappa shape index (κ2) is 5.59. The Labute approximate surface area is 123 Å². The van der Waals surface area contributed by atoms with Crippen molar-refractivity contribution >= 4 is 28.8 Å².